The lowest BCUT2D eigenvalue weighted by Gasteiger charge is -2.27. The van der Waals surface area contributed by atoms with E-state index in [1.54, 1.807) is 6.07 Å². The molecule has 2 atom stereocenters. The van der Waals surface area contributed by atoms with Crippen LogP contribution in [0.15, 0.2) is 18.2 Å². The first-order chi connectivity index (χ1) is 7.58. The van der Waals surface area contributed by atoms with E-state index < -0.39 is 6.10 Å². The number of hydrogen-bond acceptors (Lipinski definition) is 4. The molecule has 0 spiro atoms. The predicted octanol–water partition coefficient (Wildman–Crippen LogP) is 1.30. The molecule has 4 nitrogen and oxygen atoms in total. The van der Waals surface area contributed by atoms with E-state index in [4.69, 9.17) is 0 Å². The summed E-state index contributed by atoms with van der Waals surface area (Å²) in [6.45, 7) is 0. The van der Waals surface area contributed by atoms with Gasteiger partial charge in [-0.15, -0.1) is 0 Å². The number of aliphatic hydroxyl groups is 1. The maximum absolute atomic E-state index is 11.3. The van der Waals surface area contributed by atoms with Gasteiger partial charge in [-0.25, -0.2) is 0 Å². The number of carbonyl (C=O) groups excluding carboxylic acids is 1. The molecule has 1 saturated carbocycles. The summed E-state index contributed by atoms with van der Waals surface area (Å²) in [7, 11) is 0. The standard InChI is InChI=1S/C12H14O4/c13-8-2-4-10(14)9(6-8)7-1-3-11(15)12(16)5-7/h1,3,5,9-10,14-16H,2,4,6H2/t9-,10+/m0/s1. The third-order valence-corrected chi connectivity index (χ3v) is 3.06. The number of carbonyl (C=O) groups is 1. The van der Waals surface area contributed by atoms with Crippen molar-refractivity contribution in [1.29, 1.82) is 0 Å². The summed E-state index contributed by atoms with van der Waals surface area (Å²) >= 11 is 0. The second-order valence-corrected chi connectivity index (χ2v) is 4.20. The summed E-state index contributed by atoms with van der Waals surface area (Å²) in [5.74, 6) is -0.557. The Morgan fingerprint density at radius 1 is 1.19 bits per heavy atom. The normalized spacial score (nSPS) is 25.7. The van der Waals surface area contributed by atoms with Gasteiger partial charge in [-0.2, -0.15) is 0 Å². The van der Waals surface area contributed by atoms with Crippen LogP contribution in [0.5, 0.6) is 11.5 Å². The highest BCUT2D eigenvalue weighted by Crippen LogP contribution is 2.35. The molecule has 0 heterocycles. The molecular weight excluding hydrogens is 208 g/mol. The lowest BCUT2D eigenvalue weighted by atomic mass is 9.81. The largest absolute Gasteiger partial charge is 0.504 e. The lowest BCUT2D eigenvalue weighted by Crippen LogP contribution is -2.27. The third-order valence-electron chi connectivity index (χ3n) is 3.06. The van der Waals surface area contributed by atoms with Crippen molar-refractivity contribution in [3.8, 4) is 11.5 Å². The number of phenols is 2. The molecule has 1 aliphatic rings. The number of ketones is 1. The van der Waals surface area contributed by atoms with Crippen molar-refractivity contribution in [1.82, 2.24) is 0 Å². The van der Waals surface area contributed by atoms with Gasteiger partial charge in [0.05, 0.1) is 6.10 Å². The van der Waals surface area contributed by atoms with Crippen molar-refractivity contribution < 1.29 is 20.1 Å². The van der Waals surface area contributed by atoms with E-state index in [9.17, 15) is 20.1 Å². The maximum atomic E-state index is 11.3. The molecule has 0 aliphatic heterocycles. The molecule has 1 fully saturated rings. The van der Waals surface area contributed by atoms with Gasteiger partial charge in [0.15, 0.2) is 11.5 Å². The predicted molar refractivity (Wildman–Crippen MR) is 57.4 cm³/mol. The zero-order chi connectivity index (χ0) is 11.7. The van der Waals surface area contributed by atoms with Gasteiger partial charge in [0, 0.05) is 18.8 Å². The summed E-state index contributed by atoms with van der Waals surface area (Å²) in [6, 6.07) is 4.40. The minimum atomic E-state index is -0.554. The number of hydrogen-bond donors (Lipinski definition) is 3. The monoisotopic (exact) mass is 222 g/mol. The molecule has 0 saturated heterocycles. The molecule has 0 aromatic heterocycles. The number of aromatic hydroxyl groups is 2. The average molecular weight is 222 g/mol. The zero-order valence-electron chi connectivity index (χ0n) is 8.76. The van der Waals surface area contributed by atoms with Crippen LogP contribution < -0.4 is 0 Å². The molecule has 0 bridgehead atoms. The number of rotatable bonds is 1. The highest BCUT2D eigenvalue weighted by atomic mass is 16.3. The first-order valence-electron chi connectivity index (χ1n) is 5.29. The average Bonchev–Trinajstić information content (AvgIpc) is 2.26. The Kier molecular flexibility index (Phi) is 2.83. The fourth-order valence-corrected chi connectivity index (χ4v) is 2.10. The quantitative estimate of drug-likeness (QED) is 0.626. The van der Waals surface area contributed by atoms with Crippen LogP contribution in [0.3, 0.4) is 0 Å². The molecule has 1 aromatic rings. The Balaban J connectivity index is 2.28. The van der Waals surface area contributed by atoms with Crippen LogP contribution in [0.4, 0.5) is 0 Å². The second-order valence-electron chi connectivity index (χ2n) is 4.20. The Bertz CT molecular complexity index is 413. The van der Waals surface area contributed by atoms with E-state index in [1.807, 2.05) is 0 Å². The Morgan fingerprint density at radius 2 is 1.94 bits per heavy atom. The van der Waals surface area contributed by atoms with Gasteiger partial charge in [-0.05, 0) is 24.1 Å². The molecule has 3 N–H and O–H groups in total. The van der Waals surface area contributed by atoms with Crippen LogP contribution in [0.1, 0.15) is 30.7 Å². The van der Waals surface area contributed by atoms with Gasteiger partial charge < -0.3 is 15.3 Å². The van der Waals surface area contributed by atoms with Gasteiger partial charge >= 0.3 is 0 Å². The number of benzene rings is 1. The zero-order valence-corrected chi connectivity index (χ0v) is 8.76. The van der Waals surface area contributed by atoms with Crippen molar-refractivity contribution in [3.05, 3.63) is 23.8 Å². The molecule has 16 heavy (non-hydrogen) atoms. The van der Waals surface area contributed by atoms with Crippen LogP contribution in [0.2, 0.25) is 0 Å². The molecule has 1 aromatic carbocycles. The van der Waals surface area contributed by atoms with E-state index in [-0.39, 0.29) is 23.2 Å². The molecular formula is C12H14O4. The van der Waals surface area contributed by atoms with Crippen molar-refractivity contribution in [2.45, 2.75) is 31.3 Å². The lowest BCUT2D eigenvalue weighted by molar-refractivity contribution is -0.122. The highest BCUT2D eigenvalue weighted by molar-refractivity contribution is 5.80. The Labute approximate surface area is 93.2 Å². The van der Waals surface area contributed by atoms with Gasteiger partial charge in [0.25, 0.3) is 0 Å². The minimum absolute atomic E-state index is 0.128. The van der Waals surface area contributed by atoms with Crippen LogP contribution >= 0.6 is 0 Å². The molecule has 0 amide bonds. The van der Waals surface area contributed by atoms with Crippen molar-refractivity contribution >= 4 is 5.78 Å². The van der Waals surface area contributed by atoms with Crippen LogP contribution in [-0.2, 0) is 4.79 Å². The van der Waals surface area contributed by atoms with Gasteiger partial charge in [-0.3, -0.25) is 4.79 Å². The first kappa shape index (κ1) is 11.0. The second kappa shape index (κ2) is 4.14. The van der Waals surface area contributed by atoms with Crippen LogP contribution in [0, 0.1) is 0 Å². The van der Waals surface area contributed by atoms with E-state index in [2.05, 4.69) is 0 Å². The first-order valence-corrected chi connectivity index (χ1v) is 5.29. The summed E-state index contributed by atoms with van der Waals surface area (Å²) < 4.78 is 0. The van der Waals surface area contributed by atoms with Crippen LogP contribution in [-0.4, -0.2) is 27.2 Å². The third kappa shape index (κ3) is 2.02. The maximum Gasteiger partial charge on any atom is 0.157 e. The van der Waals surface area contributed by atoms with Crippen LogP contribution in [0.25, 0.3) is 0 Å². The van der Waals surface area contributed by atoms with E-state index >= 15 is 0 Å². The molecule has 4 heteroatoms. The highest BCUT2D eigenvalue weighted by Gasteiger charge is 2.29. The van der Waals surface area contributed by atoms with Gasteiger partial charge in [0.1, 0.15) is 5.78 Å². The Hall–Kier alpha value is -1.55. The summed E-state index contributed by atoms with van der Waals surface area (Å²) in [5, 5.41) is 28.4. The summed E-state index contributed by atoms with van der Waals surface area (Å²) in [4.78, 5) is 11.3. The smallest absolute Gasteiger partial charge is 0.157 e. The van der Waals surface area contributed by atoms with Gasteiger partial charge in [0.2, 0.25) is 0 Å². The topological polar surface area (TPSA) is 77.8 Å². The van der Waals surface area contributed by atoms with E-state index in [1.165, 1.54) is 12.1 Å². The summed E-state index contributed by atoms with van der Waals surface area (Å²) in [5.41, 5.74) is 0.691. The summed E-state index contributed by atoms with van der Waals surface area (Å²) in [6.07, 6.45) is 0.625. The fraction of sp³-hybridized carbons (Fsp3) is 0.417. The minimum Gasteiger partial charge on any atom is -0.504 e. The number of phenolic OH excluding ortho intramolecular Hbond substituents is 2. The molecule has 86 valence electrons. The SMILES string of the molecule is O=C1CC[C@@H](O)[C@H](c2ccc(O)c(O)c2)C1. The number of aliphatic hydroxyl groups excluding tert-OH is 1. The Morgan fingerprint density at radius 3 is 2.62 bits per heavy atom. The van der Waals surface area contributed by atoms with Gasteiger partial charge in [-0.1, -0.05) is 6.07 Å². The van der Waals surface area contributed by atoms with Crippen molar-refractivity contribution in [3.63, 3.8) is 0 Å². The molecule has 0 unspecified atom stereocenters. The van der Waals surface area contributed by atoms with Crippen molar-refractivity contribution in [2.75, 3.05) is 0 Å². The fourth-order valence-electron chi connectivity index (χ4n) is 2.10. The van der Waals surface area contributed by atoms with E-state index in [0.717, 1.165) is 0 Å². The van der Waals surface area contributed by atoms with E-state index in [0.29, 0.717) is 24.8 Å². The molecule has 1 aliphatic carbocycles. The molecule has 0 radical (unpaired) electrons. The molecule has 2 rings (SSSR count). The van der Waals surface area contributed by atoms with Crippen molar-refractivity contribution in [2.24, 2.45) is 0 Å². The number of Topliss-reactive ketones (excluding diaryl/α,β-unsaturated/α-hetero) is 1.